The zero-order valence-electron chi connectivity index (χ0n) is 9.28. The predicted octanol–water partition coefficient (Wildman–Crippen LogP) is 1.43. The second kappa shape index (κ2) is 5.82. The van der Waals surface area contributed by atoms with Gasteiger partial charge in [0, 0.05) is 6.04 Å². The molecule has 0 bridgehead atoms. The Balaban J connectivity index is 2.14. The molecule has 1 rings (SSSR count). The molecule has 0 aromatic rings. The highest BCUT2D eigenvalue weighted by molar-refractivity contribution is 7.85. The summed E-state index contributed by atoms with van der Waals surface area (Å²) in [4.78, 5) is 0. The molecule has 90 valence electrons. The van der Waals surface area contributed by atoms with Crippen molar-refractivity contribution < 1.29 is 13.0 Å². The van der Waals surface area contributed by atoms with E-state index in [1.54, 1.807) is 0 Å². The molecular weight excluding hydrogens is 214 g/mol. The van der Waals surface area contributed by atoms with Crippen molar-refractivity contribution in [1.82, 2.24) is 5.32 Å². The van der Waals surface area contributed by atoms with Crippen molar-refractivity contribution in [2.75, 3.05) is 12.3 Å². The molecule has 1 saturated carbocycles. The second-order valence-electron chi connectivity index (χ2n) is 4.46. The Bertz CT molecular complexity index is 276. The van der Waals surface area contributed by atoms with E-state index in [9.17, 15) is 8.42 Å². The first-order chi connectivity index (χ1) is 6.99. The van der Waals surface area contributed by atoms with Crippen molar-refractivity contribution in [3.63, 3.8) is 0 Å². The molecule has 5 heteroatoms. The van der Waals surface area contributed by atoms with Crippen molar-refractivity contribution in [2.45, 2.75) is 45.1 Å². The molecular formula is C10H21NO3S. The van der Waals surface area contributed by atoms with Crippen LogP contribution < -0.4 is 5.32 Å². The van der Waals surface area contributed by atoms with E-state index in [4.69, 9.17) is 4.55 Å². The first-order valence-electron chi connectivity index (χ1n) is 5.67. The minimum atomic E-state index is -3.78. The van der Waals surface area contributed by atoms with Crippen molar-refractivity contribution in [2.24, 2.45) is 5.92 Å². The van der Waals surface area contributed by atoms with E-state index < -0.39 is 10.1 Å². The molecule has 0 amide bonds. The first kappa shape index (κ1) is 12.9. The summed E-state index contributed by atoms with van der Waals surface area (Å²) in [6, 6.07) is 0.528. The number of hydrogen-bond acceptors (Lipinski definition) is 3. The maximum Gasteiger partial charge on any atom is 0.264 e. The monoisotopic (exact) mass is 235 g/mol. The smallest absolute Gasteiger partial charge is 0.264 e. The van der Waals surface area contributed by atoms with Gasteiger partial charge in [0.15, 0.2) is 0 Å². The van der Waals surface area contributed by atoms with Gasteiger partial charge in [0.05, 0.1) is 5.75 Å². The van der Waals surface area contributed by atoms with Crippen molar-refractivity contribution in [3.05, 3.63) is 0 Å². The lowest BCUT2D eigenvalue weighted by Gasteiger charge is -2.29. The van der Waals surface area contributed by atoms with Gasteiger partial charge in [-0.2, -0.15) is 8.42 Å². The molecule has 2 atom stereocenters. The van der Waals surface area contributed by atoms with Crippen molar-refractivity contribution >= 4 is 10.1 Å². The summed E-state index contributed by atoms with van der Waals surface area (Å²) in [6.07, 6.45) is 5.51. The Morgan fingerprint density at radius 2 is 2.00 bits per heavy atom. The van der Waals surface area contributed by atoms with Gasteiger partial charge < -0.3 is 5.32 Å². The standard InChI is InChI=1S/C10H21NO3S/c1-9-5-2-3-6-10(9)11-7-4-8-15(12,13)14/h9-11H,2-8H2,1H3,(H,12,13,14). The van der Waals surface area contributed by atoms with Gasteiger partial charge in [0.1, 0.15) is 0 Å². The first-order valence-corrected chi connectivity index (χ1v) is 7.28. The number of nitrogens with one attached hydrogen (secondary N) is 1. The average molecular weight is 235 g/mol. The zero-order chi connectivity index (χ0) is 11.3. The molecule has 0 radical (unpaired) electrons. The third kappa shape index (κ3) is 5.49. The van der Waals surface area contributed by atoms with Crippen LogP contribution in [-0.4, -0.2) is 31.3 Å². The van der Waals surface area contributed by atoms with Crippen LogP contribution in [-0.2, 0) is 10.1 Å². The van der Waals surface area contributed by atoms with Crippen LogP contribution in [0.25, 0.3) is 0 Å². The minimum Gasteiger partial charge on any atom is -0.314 e. The average Bonchev–Trinajstić information content (AvgIpc) is 2.13. The van der Waals surface area contributed by atoms with Gasteiger partial charge in [-0.3, -0.25) is 4.55 Å². The third-order valence-electron chi connectivity index (χ3n) is 3.10. The molecule has 0 aromatic carbocycles. The molecule has 4 nitrogen and oxygen atoms in total. The van der Waals surface area contributed by atoms with Crippen LogP contribution in [0, 0.1) is 5.92 Å². The van der Waals surface area contributed by atoms with Crippen LogP contribution >= 0.6 is 0 Å². The molecule has 0 heterocycles. The van der Waals surface area contributed by atoms with Crippen LogP contribution in [0.1, 0.15) is 39.0 Å². The summed E-state index contributed by atoms with van der Waals surface area (Å²) in [6.45, 7) is 2.91. The summed E-state index contributed by atoms with van der Waals surface area (Å²) in [7, 11) is -3.78. The van der Waals surface area contributed by atoms with Crippen LogP contribution in [0.15, 0.2) is 0 Å². The molecule has 1 aliphatic carbocycles. The van der Waals surface area contributed by atoms with Crippen molar-refractivity contribution in [3.8, 4) is 0 Å². The molecule has 0 spiro atoms. The Labute approximate surface area is 92.2 Å². The molecule has 2 unspecified atom stereocenters. The highest BCUT2D eigenvalue weighted by Crippen LogP contribution is 2.23. The number of hydrogen-bond donors (Lipinski definition) is 2. The SMILES string of the molecule is CC1CCCCC1NCCCS(=O)(=O)O. The Morgan fingerprint density at radius 3 is 2.60 bits per heavy atom. The molecule has 1 fully saturated rings. The summed E-state index contributed by atoms with van der Waals surface area (Å²) in [5.74, 6) is 0.547. The van der Waals surface area contributed by atoms with Gasteiger partial charge in [-0.15, -0.1) is 0 Å². The quantitative estimate of drug-likeness (QED) is 0.559. The Kier molecular flexibility index (Phi) is 5.02. The normalized spacial score (nSPS) is 27.9. The molecule has 1 aliphatic rings. The van der Waals surface area contributed by atoms with Gasteiger partial charge in [0.25, 0.3) is 10.1 Å². The summed E-state index contributed by atoms with van der Waals surface area (Å²) in [5, 5.41) is 3.37. The zero-order valence-corrected chi connectivity index (χ0v) is 10.1. The van der Waals surface area contributed by atoms with E-state index in [2.05, 4.69) is 12.2 Å². The van der Waals surface area contributed by atoms with Crippen LogP contribution in [0.3, 0.4) is 0 Å². The molecule has 0 aliphatic heterocycles. The fourth-order valence-electron chi connectivity index (χ4n) is 2.16. The second-order valence-corrected chi connectivity index (χ2v) is 6.03. The minimum absolute atomic E-state index is 0.138. The maximum absolute atomic E-state index is 10.5. The Morgan fingerprint density at radius 1 is 1.33 bits per heavy atom. The number of rotatable bonds is 5. The summed E-state index contributed by atoms with van der Waals surface area (Å²) < 4.78 is 29.5. The topological polar surface area (TPSA) is 66.4 Å². The molecule has 0 saturated heterocycles. The summed E-state index contributed by atoms with van der Waals surface area (Å²) >= 11 is 0. The highest BCUT2D eigenvalue weighted by atomic mass is 32.2. The van der Waals surface area contributed by atoms with Gasteiger partial charge in [0.2, 0.25) is 0 Å². The van der Waals surface area contributed by atoms with E-state index in [1.807, 2.05) is 0 Å². The summed E-state index contributed by atoms with van der Waals surface area (Å²) in [5.41, 5.74) is 0. The van der Waals surface area contributed by atoms with Crippen LogP contribution in [0.4, 0.5) is 0 Å². The fraction of sp³-hybridized carbons (Fsp3) is 1.00. The van der Waals surface area contributed by atoms with E-state index >= 15 is 0 Å². The van der Waals surface area contributed by atoms with E-state index in [0.29, 0.717) is 24.9 Å². The maximum atomic E-state index is 10.5. The fourth-order valence-corrected chi connectivity index (χ4v) is 2.67. The molecule has 0 aromatic heterocycles. The Hall–Kier alpha value is -0.130. The van der Waals surface area contributed by atoms with Gasteiger partial charge in [-0.1, -0.05) is 19.8 Å². The van der Waals surface area contributed by atoms with E-state index in [0.717, 1.165) is 0 Å². The van der Waals surface area contributed by atoms with Gasteiger partial charge >= 0.3 is 0 Å². The largest absolute Gasteiger partial charge is 0.314 e. The highest BCUT2D eigenvalue weighted by Gasteiger charge is 2.20. The van der Waals surface area contributed by atoms with Crippen LogP contribution in [0.2, 0.25) is 0 Å². The lowest BCUT2D eigenvalue weighted by Crippen LogP contribution is -2.38. The molecule has 15 heavy (non-hydrogen) atoms. The van der Waals surface area contributed by atoms with E-state index in [1.165, 1.54) is 25.7 Å². The van der Waals surface area contributed by atoms with Gasteiger partial charge in [-0.05, 0) is 31.7 Å². The lowest BCUT2D eigenvalue weighted by molar-refractivity contribution is 0.281. The van der Waals surface area contributed by atoms with Crippen molar-refractivity contribution in [1.29, 1.82) is 0 Å². The van der Waals surface area contributed by atoms with E-state index in [-0.39, 0.29) is 5.75 Å². The van der Waals surface area contributed by atoms with Crippen LogP contribution in [0.5, 0.6) is 0 Å². The third-order valence-corrected chi connectivity index (χ3v) is 3.90. The molecule has 2 N–H and O–H groups in total. The lowest BCUT2D eigenvalue weighted by atomic mass is 9.86. The predicted molar refractivity (Wildman–Crippen MR) is 60.5 cm³/mol. The van der Waals surface area contributed by atoms with Gasteiger partial charge in [-0.25, -0.2) is 0 Å².